The van der Waals surface area contributed by atoms with Crippen LogP contribution in [0.1, 0.15) is 44.3 Å². The molecule has 1 aliphatic heterocycles. The van der Waals surface area contributed by atoms with Crippen molar-refractivity contribution in [1.82, 2.24) is 15.3 Å². The number of hydrogen-bond donors (Lipinski definition) is 2. The lowest BCUT2D eigenvalue weighted by Gasteiger charge is -2.35. The molecule has 1 spiro atoms. The summed E-state index contributed by atoms with van der Waals surface area (Å²) in [5.74, 6) is -0.702. The fraction of sp³-hybridized carbons (Fsp3) is 0.500. The average molecular weight is 345 g/mol. The third-order valence-corrected chi connectivity index (χ3v) is 5.26. The number of hydrogen-bond acceptors (Lipinski definition) is 4. The molecular formula is C18H20FN3O3. The minimum atomic E-state index is -0.629. The van der Waals surface area contributed by atoms with Crippen LogP contribution in [0.25, 0.3) is 11.0 Å². The van der Waals surface area contributed by atoms with Gasteiger partial charge in [-0.1, -0.05) is 6.42 Å². The van der Waals surface area contributed by atoms with E-state index >= 15 is 0 Å². The second-order valence-corrected chi connectivity index (χ2v) is 6.92. The normalized spacial score (nSPS) is 22.3. The number of aromatic amines is 1. The number of imidazole rings is 1. The number of aromatic nitrogens is 2. The van der Waals surface area contributed by atoms with Crippen LogP contribution in [0.2, 0.25) is 0 Å². The lowest BCUT2D eigenvalue weighted by molar-refractivity contribution is -0.153. The predicted molar refractivity (Wildman–Crippen MR) is 87.9 cm³/mol. The maximum absolute atomic E-state index is 13.2. The molecule has 1 amide bonds. The minimum Gasteiger partial charge on any atom is -0.458 e. The van der Waals surface area contributed by atoms with E-state index in [2.05, 4.69) is 15.3 Å². The Labute approximate surface area is 144 Å². The van der Waals surface area contributed by atoms with Gasteiger partial charge in [-0.05, 0) is 43.9 Å². The minimum absolute atomic E-state index is 0.136. The Hall–Kier alpha value is -2.44. The van der Waals surface area contributed by atoms with Crippen LogP contribution in [0.3, 0.4) is 0 Å². The second-order valence-electron chi connectivity index (χ2n) is 6.92. The van der Waals surface area contributed by atoms with E-state index in [1.807, 2.05) is 0 Å². The Morgan fingerprint density at radius 3 is 2.96 bits per heavy atom. The third-order valence-electron chi connectivity index (χ3n) is 5.26. The molecule has 0 radical (unpaired) electrons. The number of esters is 1. The van der Waals surface area contributed by atoms with Gasteiger partial charge in [0.05, 0.1) is 29.9 Å². The first-order chi connectivity index (χ1) is 12.1. The number of rotatable bonds is 3. The Morgan fingerprint density at radius 1 is 1.36 bits per heavy atom. The molecule has 2 aliphatic rings. The van der Waals surface area contributed by atoms with Gasteiger partial charge < -0.3 is 15.0 Å². The van der Waals surface area contributed by atoms with E-state index in [0.29, 0.717) is 16.9 Å². The number of carbonyl (C=O) groups excluding carboxylic acids is 2. The molecule has 2 fully saturated rings. The van der Waals surface area contributed by atoms with E-state index in [4.69, 9.17) is 4.74 Å². The number of nitrogens with one attached hydrogen (secondary N) is 2. The monoisotopic (exact) mass is 345 g/mol. The van der Waals surface area contributed by atoms with E-state index in [-0.39, 0.29) is 30.7 Å². The van der Waals surface area contributed by atoms with Crippen LogP contribution in [-0.2, 0) is 20.9 Å². The molecule has 4 rings (SSSR count). The molecule has 0 unspecified atom stereocenters. The molecule has 1 aliphatic carbocycles. The zero-order chi connectivity index (χ0) is 17.4. The Bertz CT molecular complexity index is 826. The van der Waals surface area contributed by atoms with Gasteiger partial charge in [0, 0.05) is 0 Å². The first-order valence-corrected chi connectivity index (χ1v) is 8.69. The van der Waals surface area contributed by atoms with Gasteiger partial charge in [-0.2, -0.15) is 0 Å². The molecule has 2 aromatic rings. The van der Waals surface area contributed by atoms with Crippen molar-refractivity contribution in [3.63, 3.8) is 0 Å². The van der Waals surface area contributed by atoms with Crippen molar-refractivity contribution < 1.29 is 18.7 Å². The first kappa shape index (κ1) is 16.1. The van der Waals surface area contributed by atoms with Gasteiger partial charge >= 0.3 is 5.97 Å². The van der Waals surface area contributed by atoms with Gasteiger partial charge in [0.15, 0.2) is 0 Å². The fourth-order valence-electron chi connectivity index (χ4n) is 4.04. The SMILES string of the molecule is O=C1C[C@H](C(=O)NCc2nc3ccc(F)cc3[nH]2)C2(CCCCC2)O1. The topological polar surface area (TPSA) is 84.1 Å². The fourth-order valence-corrected chi connectivity index (χ4v) is 4.04. The molecule has 2 N–H and O–H groups in total. The van der Waals surface area contributed by atoms with Crippen molar-refractivity contribution in [1.29, 1.82) is 0 Å². The highest BCUT2D eigenvalue weighted by atomic mass is 19.1. The molecule has 25 heavy (non-hydrogen) atoms. The Morgan fingerprint density at radius 2 is 2.16 bits per heavy atom. The van der Waals surface area contributed by atoms with Crippen molar-refractivity contribution >= 4 is 22.9 Å². The van der Waals surface area contributed by atoms with Crippen molar-refractivity contribution in [3.8, 4) is 0 Å². The zero-order valence-electron chi connectivity index (χ0n) is 13.8. The van der Waals surface area contributed by atoms with Crippen LogP contribution < -0.4 is 5.32 Å². The van der Waals surface area contributed by atoms with Crippen LogP contribution >= 0.6 is 0 Å². The van der Waals surface area contributed by atoms with E-state index in [9.17, 15) is 14.0 Å². The highest BCUT2D eigenvalue weighted by Crippen LogP contribution is 2.44. The summed E-state index contributed by atoms with van der Waals surface area (Å²) in [6.45, 7) is 0.204. The molecule has 1 aromatic carbocycles. The van der Waals surface area contributed by atoms with Crippen molar-refractivity contribution in [3.05, 3.63) is 29.8 Å². The van der Waals surface area contributed by atoms with Gasteiger partial charge in [0.2, 0.25) is 5.91 Å². The number of H-pyrrole nitrogens is 1. The number of fused-ring (bicyclic) bond motifs is 1. The second kappa shape index (κ2) is 6.13. The summed E-state index contributed by atoms with van der Waals surface area (Å²) >= 11 is 0. The standard InChI is InChI=1S/C18H20FN3O3/c19-11-4-5-13-14(8-11)22-15(21-13)10-20-17(24)12-9-16(23)25-18(12)6-2-1-3-7-18/h4-5,8,12H,1-3,6-7,9-10H2,(H,20,24)(H,21,22)/t12-/m1/s1. The zero-order valence-corrected chi connectivity index (χ0v) is 13.8. The summed E-state index contributed by atoms with van der Waals surface area (Å²) in [7, 11) is 0. The average Bonchev–Trinajstić information content (AvgIpc) is 3.13. The highest BCUT2D eigenvalue weighted by molar-refractivity contribution is 5.88. The molecule has 2 heterocycles. The summed E-state index contributed by atoms with van der Waals surface area (Å²) in [6.07, 6.45) is 4.71. The molecule has 6 nitrogen and oxygen atoms in total. The molecule has 7 heteroatoms. The molecule has 1 saturated carbocycles. The number of nitrogens with zero attached hydrogens (tertiary/aromatic N) is 1. The predicted octanol–water partition coefficient (Wildman–Crippen LogP) is 2.58. The molecule has 1 saturated heterocycles. The van der Waals surface area contributed by atoms with E-state index in [0.717, 1.165) is 32.1 Å². The summed E-state index contributed by atoms with van der Waals surface area (Å²) in [6, 6.07) is 4.31. The number of amides is 1. The summed E-state index contributed by atoms with van der Waals surface area (Å²) in [5.41, 5.74) is 0.609. The number of ether oxygens (including phenoxy) is 1. The lowest BCUT2D eigenvalue weighted by atomic mass is 9.75. The maximum atomic E-state index is 13.2. The van der Waals surface area contributed by atoms with Crippen molar-refractivity contribution in [2.24, 2.45) is 5.92 Å². The quantitative estimate of drug-likeness (QED) is 0.838. The summed E-state index contributed by atoms with van der Waals surface area (Å²) in [4.78, 5) is 31.8. The Kier molecular flexibility index (Phi) is 3.94. The lowest BCUT2D eigenvalue weighted by Crippen LogP contribution is -2.45. The highest BCUT2D eigenvalue weighted by Gasteiger charge is 2.52. The largest absolute Gasteiger partial charge is 0.458 e. The number of benzene rings is 1. The van der Waals surface area contributed by atoms with Crippen LogP contribution in [0.5, 0.6) is 0 Å². The molecule has 0 bridgehead atoms. The smallest absolute Gasteiger partial charge is 0.307 e. The molecule has 1 atom stereocenters. The molecule has 1 aromatic heterocycles. The van der Waals surface area contributed by atoms with Gasteiger partial charge in [0.25, 0.3) is 0 Å². The van der Waals surface area contributed by atoms with E-state index < -0.39 is 11.5 Å². The first-order valence-electron chi connectivity index (χ1n) is 8.69. The van der Waals surface area contributed by atoms with Crippen LogP contribution in [0.15, 0.2) is 18.2 Å². The van der Waals surface area contributed by atoms with E-state index in [1.54, 1.807) is 6.07 Å². The van der Waals surface area contributed by atoms with Gasteiger partial charge in [-0.25, -0.2) is 9.37 Å². The van der Waals surface area contributed by atoms with Crippen molar-refractivity contribution in [2.45, 2.75) is 50.7 Å². The summed E-state index contributed by atoms with van der Waals surface area (Å²) in [5, 5.41) is 2.85. The molecule has 132 valence electrons. The Balaban J connectivity index is 1.46. The number of carbonyl (C=O) groups is 2. The van der Waals surface area contributed by atoms with E-state index in [1.165, 1.54) is 12.1 Å². The van der Waals surface area contributed by atoms with Crippen LogP contribution in [0, 0.1) is 11.7 Å². The van der Waals surface area contributed by atoms with Crippen LogP contribution in [0.4, 0.5) is 4.39 Å². The van der Waals surface area contributed by atoms with Gasteiger partial charge in [0.1, 0.15) is 17.2 Å². The summed E-state index contributed by atoms with van der Waals surface area (Å²) < 4.78 is 18.8. The molecular weight excluding hydrogens is 325 g/mol. The number of halogens is 1. The maximum Gasteiger partial charge on any atom is 0.307 e. The third kappa shape index (κ3) is 2.99. The van der Waals surface area contributed by atoms with Gasteiger partial charge in [-0.3, -0.25) is 9.59 Å². The van der Waals surface area contributed by atoms with Gasteiger partial charge in [-0.15, -0.1) is 0 Å². The van der Waals surface area contributed by atoms with Crippen LogP contribution in [-0.4, -0.2) is 27.4 Å². The van der Waals surface area contributed by atoms with Crippen molar-refractivity contribution in [2.75, 3.05) is 0 Å².